The van der Waals surface area contributed by atoms with Gasteiger partial charge in [-0.25, -0.2) is 0 Å². The van der Waals surface area contributed by atoms with Crippen molar-refractivity contribution in [1.82, 2.24) is 0 Å². The number of benzene rings is 1. The monoisotopic (exact) mass is 264 g/mol. The van der Waals surface area contributed by atoms with Crippen molar-refractivity contribution < 1.29 is 10.0 Å². The first-order valence-electron chi connectivity index (χ1n) is 6.82. The lowest BCUT2D eigenvalue weighted by molar-refractivity contribution is -0.384. The fraction of sp³-hybridized carbons (Fsp3) is 0.571. The SMILES string of the molecule is CCC(O)C1CCCCN1c1ccc([N+](=O)[O-])cc1. The van der Waals surface area contributed by atoms with Crippen LogP contribution in [0.15, 0.2) is 24.3 Å². The predicted octanol–water partition coefficient (Wildman–Crippen LogP) is 2.72. The molecule has 0 amide bonds. The minimum absolute atomic E-state index is 0.105. The van der Waals surface area contributed by atoms with Crippen LogP contribution in [0, 0.1) is 10.1 Å². The van der Waals surface area contributed by atoms with E-state index in [1.165, 1.54) is 12.1 Å². The molecule has 0 bridgehead atoms. The van der Waals surface area contributed by atoms with E-state index in [2.05, 4.69) is 4.90 Å². The summed E-state index contributed by atoms with van der Waals surface area (Å²) in [4.78, 5) is 12.5. The molecule has 1 aliphatic rings. The molecule has 5 heteroatoms. The average molecular weight is 264 g/mol. The molecular formula is C14H20N2O3. The van der Waals surface area contributed by atoms with Gasteiger partial charge in [-0.15, -0.1) is 0 Å². The molecule has 104 valence electrons. The van der Waals surface area contributed by atoms with Crippen LogP contribution in [0.1, 0.15) is 32.6 Å². The second-order valence-corrected chi connectivity index (χ2v) is 5.01. The molecule has 1 heterocycles. The Balaban J connectivity index is 2.19. The number of nitro groups is 1. The molecule has 2 unspecified atom stereocenters. The molecule has 1 saturated heterocycles. The van der Waals surface area contributed by atoms with Crippen LogP contribution < -0.4 is 4.90 Å². The highest BCUT2D eigenvalue weighted by Crippen LogP contribution is 2.28. The van der Waals surface area contributed by atoms with Crippen LogP contribution in [0.25, 0.3) is 0 Å². The van der Waals surface area contributed by atoms with Crippen molar-refractivity contribution in [3.05, 3.63) is 34.4 Å². The molecule has 0 spiro atoms. The molecule has 1 aromatic rings. The van der Waals surface area contributed by atoms with Crippen molar-refractivity contribution in [2.45, 2.75) is 44.8 Å². The Morgan fingerprint density at radius 3 is 2.68 bits per heavy atom. The van der Waals surface area contributed by atoms with Gasteiger partial charge in [-0.1, -0.05) is 6.92 Å². The number of non-ortho nitro benzene ring substituents is 1. The molecule has 0 aromatic heterocycles. The minimum Gasteiger partial charge on any atom is -0.391 e. The molecule has 0 saturated carbocycles. The maximum Gasteiger partial charge on any atom is 0.269 e. The fourth-order valence-electron chi connectivity index (χ4n) is 2.72. The first-order valence-corrected chi connectivity index (χ1v) is 6.82. The highest BCUT2D eigenvalue weighted by atomic mass is 16.6. The van der Waals surface area contributed by atoms with Crippen LogP contribution in [0.3, 0.4) is 0 Å². The zero-order valence-electron chi connectivity index (χ0n) is 11.2. The molecular weight excluding hydrogens is 244 g/mol. The standard InChI is InChI=1S/C14H20N2O3/c1-2-14(17)13-5-3-4-10-15(13)11-6-8-12(9-7-11)16(18)19/h6-9,13-14,17H,2-5,10H2,1H3. The largest absolute Gasteiger partial charge is 0.391 e. The molecule has 2 atom stereocenters. The molecule has 1 fully saturated rings. The summed E-state index contributed by atoms with van der Waals surface area (Å²) in [7, 11) is 0. The van der Waals surface area contributed by atoms with Gasteiger partial charge in [0.05, 0.1) is 17.1 Å². The van der Waals surface area contributed by atoms with Crippen molar-refractivity contribution in [3.8, 4) is 0 Å². The minimum atomic E-state index is -0.391. The van der Waals surface area contributed by atoms with E-state index in [0.717, 1.165) is 37.9 Å². The normalized spacial score (nSPS) is 21.2. The van der Waals surface area contributed by atoms with Crippen molar-refractivity contribution in [2.24, 2.45) is 0 Å². The first-order chi connectivity index (χ1) is 9.13. The summed E-state index contributed by atoms with van der Waals surface area (Å²) >= 11 is 0. The van der Waals surface area contributed by atoms with Gasteiger partial charge in [0.15, 0.2) is 0 Å². The summed E-state index contributed by atoms with van der Waals surface area (Å²) in [5.74, 6) is 0. The summed E-state index contributed by atoms with van der Waals surface area (Å²) in [6, 6.07) is 6.73. The second kappa shape index (κ2) is 6.02. The van der Waals surface area contributed by atoms with E-state index in [1.54, 1.807) is 12.1 Å². The van der Waals surface area contributed by atoms with Crippen molar-refractivity contribution in [1.29, 1.82) is 0 Å². The number of rotatable bonds is 4. The molecule has 2 rings (SSSR count). The number of aliphatic hydroxyl groups excluding tert-OH is 1. The predicted molar refractivity (Wildman–Crippen MR) is 74.4 cm³/mol. The summed E-state index contributed by atoms with van der Waals surface area (Å²) < 4.78 is 0. The van der Waals surface area contributed by atoms with Crippen LogP contribution in [0.4, 0.5) is 11.4 Å². The number of piperidine rings is 1. The van der Waals surface area contributed by atoms with E-state index in [9.17, 15) is 15.2 Å². The van der Waals surface area contributed by atoms with E-state index < -0.39 is 4.92 Å². The van der Waals surface area contributed by atoms with E-state index in [0.29, 0.717) is 0 Å². The van der Waals surface area contributed by atoms with Crippen LogP contribution in [-0.4, -0.2) is 28.7 Å². The van der Waals surface area contributed by atoms with Crippen molar-refractivity contribution in [3.63, 3.8) is 0 Å². The molecule has 0 aliphatic carbocycles. The Labute approximate surface area is 113 Å². The van der Waals surface area contributed by atoms with Crippen molar-refractivity contribution >= 4 is 11.4 Å². The Kier molecular flexibility index (Phi) is 4.37. The lowest BCUT2D eigenvalue weighted by Crippen LogP contribution is -2.46. The molecule has 1 aliphatic heterocycles. The number of aliphatic hydroxyl groups is 1. The van der Waals surface area contributed by atoms with Gasteiger partial charge >= 0.3 is 0 Å². The van der Waals surface area contributed by atoms with Gasteiger partial charge in [-0.3, -0.25) is 10.1 Å². The number of nitrogens with zero attached hydrogens (tertiary/aromatic N) is 2. The second-order valence-electron chi connectivity index (χ2n) is 5.01. The van der Waals surface area contributed by atoms with Crippen LogP contribution in [-0.2, 0) is 0 Å². The molecule has 0 radical (unpaired) electrons. The van der Waals surface area contributed by atoms with Gasteiger partial charge in [0.1, 0.15) is 0 Å². The highest BCUT2D eigenvalue weighted by molar-refractivity contribution is 5.52. The molecule has 1 N–H and O–H groups in total. The summed E-state index contributed by atoms with van der Waals surface area (Å²) in [6.07, 6.45) is 3.60. The van der Waals surface area contributed by atoms with Crippen LogP contribution in [0.5, 0.6) is 0 Å². The van der Waals surface area contributed by atoms with Gasteiger partial charge in [0.25, 0.3) is 5.69 Å². The first kappa shape index (κ1) is 13.8. The van der Waals surface area contributed by atoms with Gasteiger partial charge in [-0.05, 0) is 37.8 Å². The third kappa shape index (κ3) is 3.04. The van der Waals surface area contributed by atoms with E-state index >= 15 is 0 Å². The van der Waals surface area contributed by atoms with Gasteiger partial charge < -0.3 is 10.0 Å². The Morgan fingerprint density at radius 1 is 1.42 bits per heavy atom. The topological polar surface area (TPSA) is 66.6 Å². The summed E-state index contributed by atoms with van der Waals surface area (Å²) in [5, 5.41) is 20.8. The van der Waals surface area contributed by atoms with Crippen LogP contribution >= 0.6 is 0 Å². The number of anilines is 1. The van der Waals surface area contributed by atoms with E-state index in [4.69, 9.17) is 0 Å². The number of nitro benzene ring substituents is 1. The third-order valence-electron chi connectivity index (χ3n) is 3.80. The highest BCUT2D eigenvalue weighted by Gasteiger charge is 2.28. The zero-order chi connectivity index (χ0) is 13.8. The Morgan fingerprint density at radius 2 is 2.11 bits per heavy atom. The number of hydrogen-bond donors (Lipinski definition) is 1. The zero-order valence-corrected chi connectivity index (χ0v) is 11.2. The van der Waals surface area contributed by atoms with Gasteiger partial charge in [0.2, 0.25) is 0 Å². The number of hydrogen-bond acceptors (Lipinski definition) is 4. The lowest BCUT2D eigenvalue weighted by atomic mass is 9.95. The van der Waals surface area contributed by atoms with Crippen LogP contribution in [0.2, 0.25) is 0 Å². The average Bonchev–Trinajstić information content (AvgIpc) is 2.46. The van der Waals surface area contributed by atoms with Gasteiger partial charge in [-0.2, -0.15) is 0 Å². The third-order valence-corrected chi connectivity index (χ3v) is 3.80. The Hall–Kier alpha value is -1.62. The van der Waals surface area contributed by atoms with Crippen molar-refractivity contribution in [2.75, 3.05) is 11.4 Å². The molecule has 1 aromatic carbocycles. The van der Waals surface area contributed by atoms with E-state index in [-0.39, 0.29) is 17.8 Å². The quantitative estimate of drug-likeness (QED) is 0.670. The lowest BCUT2D eigenvalue weighted by Gasteiger charge is -2.40. The summed E-state index contributed by atoms with van der Waals surface area (Å²) in [5.41, 5.74) is 1.07. The van der Waals surface area contributed by atoms with Gasteiger partial charge in [0, 0.05) is 24.4 Å². The molecule has 19 heavy (non-hydrogen) atoms. The molecule has 5 nitrogen and oxygen atoms in total. The summed E-state index contributed by atoms with van der Waals surface area (Å²) in [6.45, 7) is 2.88. The maximum atomic E-state index is 10.7. The smallest absolute Gasteiger partial charge is 0.269 e. The van der Waals surface area contributed by atoms with E-state index in [1.807, 2.05) is 6.92 Å². The maximum absolute atomic E-state index is 10.7. The Bertz CT molecular complexity index is 433. The fourth-order valence-corrected chi connectivity index (χ4v) is 2.72.